The van der Waals surface area contributed by atoms with Crippen LogP contribution in [0.1, 0.15) is 47.3 Å². The van der Waals surface area contributed by atoms with E-state index in [-0.39, 0.29) is 11.3 Å². The van der Waals surface area contributed by atoms with Gasteiger partial charge in [-0.05, 0) is 43.5 Å². The third kappa shape index (κ3) is 3.24. The molecule has 0 unspecified atom stereocenters. The van der Waals surface area contributed by atoms with E-state index < -0.39 is 0 Å². The number of nitrogens with zero attached hydrogens (tertiary/aromatic N) is 1. The van der Waals surface area contributed by atoms with Crippen LogP contribution in [0.15, 0.2) is 53.5 Å². The SMILES string of the molecule is C#Cc1ccc2c(c1)CC(C)(C)N=C2CC(=O)c1ccccc1. The van der Waals surface area contributed by atoms with Gasteiger partial charge in [0.2, 0.25) is 0 Å². The van der Waals surface area contributed by atoms with Gasteiger partial charge >= 0.3 is 0 Å². The monoisotopic (exact) mass is 301 g/mol. The average Bonchev–Trinajstić information content (AvgIpc) is 2.54. The second-order valence-electron chi connectivity index (χ2n) is 6.53. The first-order valence-corrected chi connectivity index (χ1v) is 7.75. The van der Waals surface area contributed by atoms with Gasteiger partial charge in [0.1, 0.15) is 0 Å². The van der Waals surface area contributed by atoms with E-state index >= 15 is 0 Å². The number of ketones is 1. The van der Waals surface area contributed by atoms with Crippen molar-refractivity contribution in [3.63, 3.8) is 0 Å². The number of fused-ring (bicyclic) bond motifs is 1. The van der Waals surface area contributed by atoms with Gasteiger partial charge in [-0.1, -0.05) is 42.3 Å². The van der Waals surface area contributed by atoms with E-state index in [1.165, 1.54) is 5.56 Å². The molecule has 0 amide bonds. The third-order valence-corrected chi connectivity index (χ3v) is 4.07. The van der Waals surface area contributed by atoms with Crippen molar-refractivity contribution in [2.24, 2.45) is 4.99 Å². The summed E-state index contributed by atoms with van der Waals surface area (Å²) in [4.78, 5) is 17.4. The van der Waals surface area contributed by atoms with E-state index in [4.69, 9.17) is 11.4 Å². The van der Waals surface area contributed by atoms with Gasteiger partial charge in [-0.3, -0.25) is 9.79 Å². The normalized spacial score (nSPS) is 15.3. The smallest absolute Gasteiger partial charge is 0.168 e. The summed E-state index contributed by atoms with van der Waals surface area (Å²) in [6.07, 6.45) is 6.66. The van der Waals surface area contributed by atoms with Gasteiger partial charge in [0, 0.05) is 11.1 Å². The van der Waals surface area contributed by atoms with Crippen LogP contribution in [0.4, 0.5) is 0 Å². The van der Waals surface area contributed by atoms with E-state index in [0.29, 0.717) is 6.42 Å². The summed E-state index contributed by atoms with van der Waals surface area (Å²) < 4.78 is 0. The van der Waals surface area contributed by atoms with Gasteiger partial charge < -0.3 is 0 Å². The quantitative estimate of drug-likeness (QED) is 0.621. The fraction of sp³-hybridized carbons (Fsp3) is 0.238. The molecule has 0 fully saturated rings. The van der Waals surface area contributed by atoms with E-state index in [1.807, 2.05) is 48.5 Å². The maximum atomic E-state index is 12.5. The van der Waals surface area contributed by atoms with Crippen LogP contribution in [0, 0.1) is 12.3 Å². The highest BCUT2D eigenvalue weighted by molar-refractivity contribution is 6.16. The largest absolute Gasteiger partial charge is 0.294 e. The zero-order chi connectivity index (χ0) is 16.4. The Hall–Kier alpha value is -2.66. The van der Waals surface area contributed by atoms with E-state index in [2.05, 4.69) is 19.8 Å². The molecule has 2 heteroatoms. The molecule has 1 heterocycles. The Morgan fingerprint density at radius 1 is 1.22 bits per heavy atom. The van der Waals surface area contributed by atoms with E-state index in [9.17, 15) is 4.79 Å². The number of carbonyl (C=O) groups excluding carboxylic acids is 1. The maximum Gasteiger partial charge on any atom is 0.168 e. The molecule has 0 saturated carbocycles. The number of rotatable bonds is 3. The summed E-state index contributed by atoms with van der Waals surface area (Å²) in [6.45, 7) is 4.18. The molecular weight excluding hydrogens is 282 g/mol. The minimum atomic E-state index is -0.216. The molecule has 2 nitrogen and oxygen atoms in total. The lowest BCUT2D eigenvalue weighted by atomic mass is 9.84. The van der Waals surface area contributed by atoms with Gasteiger partial charge in [-0.25, -0.2) is 0 Å². The number of hydrogen-bond acceptors (Lipinski definition) is 2. The van der Waals surface area contributed by atoms with Crippen molar-refractivity contribution >= 4 is 11.5 Å². The molecule has 0 N–H and O–H groups in total. The van der Waals surface area contributed by atoms with Crippen molar-refractivity contribution in [1.29, 1.82) is 0 Å². The average molecular weight is 301 g/mol. The molecule has 0 aliphatic carbocycles. The summed E-state index contributed by atoms with van der Waals surface area (Å²) in [5.41, 5.74) is 4.46. The van der Waals surface area contributed by atoms with Crippen LogP contribution in [0.2, 0.25) is 0 Å². The van der Waals surface area contributed by atoms with Crippen LogP contribution in [0.3, 0.4) is 0 Å². The van der Waals surface area contributed by atoms with Crippen LogP contribution >= 0.6 is 0 Å². The highest BCUT2D eigenvalue weighted by Gasteiger charge is 2.27. The Labute approximate surface area is 137 Å². The van der Waals surface area contributed by atoms with Gasteiger partial charge in [0.15, 0.2) is 5.78 Å². The molecule has 0 aromatic heterocycles. The van der Waals surface area contributed by atoms with E-state index in [1.54, 1.807) is 0 Å². The van der Waals surface area contributed by atoms with Crippen molar-refractivity contribution in [1.82, 2.24) is 0 Å². The standard InChI is InChI=1S/C21H19NO/c1-4-15-10-11-18-17(12-15)14-21(2,3)22-19(18)13-20(23)16-8-6-5-7-9-16/h1,5-12H,13-14H2,2-3H3. The second kappa shape index (κ2) is 5.85. The Bertz CT molecular complexity index is 823. The summed E-state index contributed by atoms with van der Waals surface area (Å²) in [7, 11) is 0. The summed E-state index contributed by atoms with van der Waals surface area (Å²) in [5.74, 6) is 2.77. The molecule has 0 bridgehead atoms. The zero-order valence-corrected chi connectivity index (χ0v) is 13.5. The lowest BCUT2D eigenvalue weighted by Gasteiger charge is -2.29. The van der Waals surface area contributed by atoms with Crippen LogP contribution in [0.25, 0.3) is 0 Å². The first-order chi connectivity index (χ1) is 11.0. The highest BCUT2D eigenvalue weighted by atomic mass is 16.1. The molecule has 0 atom stereocenters. The number of hydrogen-bond donors (Lipinski definition) is 0. The van der Waals surface area contributed by atoms with Gasteiger partial charge in [-0.2, -0.15) is 0 Å². The van der Waals surface area contributed by atoms with E-state index in [0.717, 1.165) is 28.8 Å². The first-order valence-electron chi connectivity index (χ1n) is 7.75. The molecule has 1 aliphatic rings. The van der Waals surface area contributed by atoms with Crippen molar-refractivity contribution < 1.29 is 4.79 Å². The Kier molecular flexibility index (Phi) is 3.88. The Balaban J connectivity index is 1.97. The minimum Gasteiger partial charge on any atom is -0.294 e. The predicted molar refractivity (Wildman–Crippen MR) is 94.1 cm³/mol. The zero-order valence-electron chi connectivity index (χ0n) is 13.5. The lowest BCUT2D eigenvalue weighted by Crippen LogP contribution is -2.30. The summed E-state index contributed by atoms with van der Waals surface area (Å²) in [5, 5.41) is 0. The molecule has 2 aromatic rings. The summed E-state index contributed by atoms with van der Waals surface area (Å²) in [6, 6.07) is 15.3. The molecule has 0 radical (unpaired) electrons. The van der Waals surface area contributed by atoms with Crippen molar-refractivity contribution in [3.8, 4) is 12.3 Å². The molecule has 0 saturated heterocycles. The first kappa shape index (κ1) is 15.2. The fourth-order valence-corrected chi connectivity index (χ4v) is 3.06. The number of carbonyl (C=O) groups is 1. The molecule has 114 valence electrons. The van der Waals surface area contributed by atoms with Gasteiger partial charge in [-0.15, -0.1) is 6.42 Å². The van der Waals surface area contributed by atoms with Crippen molar-refractivity contribution in [2.45, 2.75) is 32.2 Å². The maximum absolute atomic E-state index is 12.5. The molecule has 2 aromatic carbocycles. The number of aliphatic imine (C=N–C) groups is 1. The van der Waals surface area contributed by atoms with Crippen LogP contribution < -0.4 is 0 Å². The van der Waals surface area contributed by atoms with Crippen molar-refractivity contribution in [2.75, 3.05) is 0 Å². The Morgan fingerprint density at radius 2 is 1.96 bits per heavy atom. The summed E-state index contributed by atoms with van der Waals surface area (Å²) >= 11 is 0. The van der Waals surface area contributed by atoms with Crippen LogP contribution in [-0.2, 0) is 6.42 Å². The predicted octanol–water partition coefficient (Wildman–Crippen LogP) is 4.06. The fourth-order valence-electron chi connectivity index (χ4n) is 3.06. The van der Waals surface area contributed by atoms with Crippen LogP contribution in [0.5, 0.6) is 0 Å². The third-order valence-electron chi connectivity index (χ3n) is 4.07. The number of Topliss-reactive ketones (excluding diaryl/α,β-unsaturated/α-hetero) is 1. The number of benzene rings is 2. The van der Waals surface area contributed by atoms with Crippen molar-refractivity contribution in [3.05, 3.63) is 70.8 Å². The van der Waals surface area contributed by atoms with Gasteiger partial charge in [0.05, 0.1) is 17.7 Å². The molecule has 3 rings (SSSR count). The van der Waals surface area contributed by atoms with Crippen LogP contribution in [-0.4, -0.2) is 17.0 Å². The highest BCUT2D eigenvalue weighted by Crippen LogP contribution is 2.29. The topological polar surface area (TPSA) is 29.4 Å². The van der Waals surface area contributed by atoms with Gasteiger partial charge in [0.25, 0.3) is 0 Å². The minimum absolute atomic E-state index is 0.0917. The molecule has 0 spiro atoms. The Morgan fingerprint density at radius 3 is 2.65 bits per heavy atom. The molecule has 23 heavy (non-hydrogen) atoms. The molecule has 1 aliphatic heterocycles. The lowest BCUT2D eigenvalue weighted by molar-refractivity contribution is 0.100. The second-order valence-corrected chi connectivity index (χ2v) is 6.53. The molecular formula is C21H19NO. The number of terminal acetylenes is 1.